The van der Waals surface area contributed by atoms with Crippen molar-refractivity contribution >= 4 is 16.9 Å². The number of ether oxygens (including phenoxy) is 1. The average molecular weight is 277 g/mol. The average Bonchev–Trinajstić information content (AvgIpc) is 2.52. The molecule has 3 nitrogen and oxygen atoms in total. The van der Waals surface area contributed by atoms with E-state index >= 15 is 0 Å². The lowest BCUT2D eigenvalue weighted by molar-refractivity contribution is 0.0466. The number of nitrogens with zero attached hydrogens (tertiary/aromatic N) is 1. The highest BCUT2D eigenvalue weighted by Gasteiger charge is 2.09. The highest BCUT2D eigenvalue weighted by atomic mass is 16.5. The Bertz CT molecular complexity index is 796. The molecule has 0 spiro atoms. The summed E-state index contributed by atoms with van der Waals surface area (Å²) in [6.45, 7) is 2.27. The van der Waals surface area contributed by atoms with E-state index in [1.807, 2.05) is 61.5 Å². The molecule has 1 aromatic heterocycles. The van der Waals surface area contributed by atoms with Crippen molar-refractivity contribution in [2.24, 2.45) is 0 Å². The van der Waals surface area contributed by atoms with Crippen molar-refractivity contribution < 1.29 is 9.53 Å². The smallest absolute Gasteiger partial charge is 0.357 e. The van der Waals surface area contributed by atoms with Crippen LogP contribution in [0, 0.1) is 6.92 Å². The van der Waals surface area contributed by atoms with Gasteiger partial charge in [0.15, 0.2) is 0 Å². The fraction of sp³-hybridized carbons (Fsp3) is 0.111. The van der Waals surface area contributed by atoms with Crippen LogP contribution in [-0.4, -0.2) is 11.0 Å². The van der Waals surface area contributed by atoms with Gasteiger partial charge in [0.2, 0.25) is 0 Å². The maximum Gasteiger partial charge on any atom is 0.357 e. The number of fused-ring (bicyclic) bond motifs is 1. The van der Waals surface area contributed by atoms with Gasteiger partial charge in [-0.2, -0.15) is 0 Å². The van der Waals surface area contributed by atoms with Crippen LogP contribution in [-0.2, 0) is 11.3 Å². The third-order valence-corrected chi connectivity index (χ3v) is 3.26. The number of pyridine rings is 1. The minimum absolute atomic E-state index is 0.259. The number of carbonyl (C=O) groups is 1. The van der Waals surface area contributed by atoms with Crippen molar-refractivity contribution in [1.82, 2.24) is 4.98 Å². The van der Waals surface area contributed by atoms with Crippen molar-refractivity contribution in [3.63, 3.8) is 0 Å². The molecular formula is C18H15NO2. The van der Waals surface area contributed by atoms with E-state index in [-0.39, 0.29) is 6.61 Å². The molecule has 2 aromatic carbocycles. The molecule has 3 aromatic rings. The number of carbonyl (C=O) groups excluding carboxylic acids is 1. The Morgan fingerprint density at radius 2 is 1.90 bits per heavy atom. The van der Waals surface area contributed by atoms with Crippen molar-refractivity contribution in [3.05, 3.63) is 77.5 Å². The Morgan fingerprint density at radius 1 is 1.05 bits per heavy atom. The highest BCUT2D eigenvalue weighted by Crippen LogP contribution is 2.13. The SMILES string of the molecule is Cc1cccc(COC(=O)c2ccc3ccccc3n2)c1. The zero-order valence-corrected chi connectivity index (χ0v) is 11.7. The molecule has 21 heavy (non-hydrogen) atoms. The quantitative estimate of drug-likeness (QED) is 0.681. The highest BCUT2D eigenvalue weighted by molar-refractivity contribution is 5.90. The standard InChI is InChI=1S/C18H15NO2/c1-13-5-4-6-14(11-13)12-21-18(20)17-10-9-15-7-2-3-8-16(15)19-17/h2-11H,12H2,1H3. The molecule has 3 heteroatoms. The predicted octanol–water partition coefficient (Wildman–Crippen LogP) is 3.90. The first-order chi connectivity index (χ1) is 10.2. The summed E-state index contributed by atoms with van der Waals surface area (Å²) < 4.78 is 5.32. The molecule has 0 aliphatic heterocycles. The molecule has 0 radical (unpaired) electrons. The van der Waals surface area contributed by atoms with E-state index in [2.05, 4.69) is 4.98 Å². The first-order valence-electron chi connectivity index (χ1n) is 6.81. The van der Waals surface area contributed by atoms with E-state index in [0.29, 0.717) is 5.69 Å². The summed E-state index contributed by atoms with van der Waals surface area (Å²) in [5, 5.41) is 1.01. The number of esters is 1. The van der Waals surface area contributed by atoms with Crippen molar-refractivity contribution in [2.45, 2.75) is 13.5 Å². The maximum atomic E-state index is 12.1. The van der Waals surface area contributed by atoms with Crippen molar-refractivity contribution in [3.8, 4) is 0 Å². The molecular weight excluding hydrogens is 262 g/mol. The fourth-order valence-corrected chi connectivity index (χ4v) is 2.20. The fourth-order valence-electron chi connectivity index (χ4n) is 2.20. The van der Waals surface area contributed by atoms with Gasteiger partial charge in [0.1, 0.15) is 12.3 Å². The number of hydrogen-bond acceptors (Lipinski definition) is 3. The Hall–Kier alpha value is -2.68. The number of aromatic nitrogens is 1. The number of hydrogen-bond donors (Lipinski definition) is 0. The van der Waals surface area contributed by atoms with E-state index in [4.69, 9.17) is 4.74 Å². The largest absolute Gasteiger partial charge is 0.456 e. The third-order valence-electron chi connectivity index (χ3n) is 3.26. The second-order valence-corrected chi connectivity index (χ2v) is 4.95. The molecule has 0 bridgehead atoms. The summed E-state index contributed by atoms with van der Waals surface area (Å²) >= 11 is 0. The van der Waals surface area contributed by atoms with E-state index in [1.54, 1.807) is 6.07 Å². The van der Waals surface area contributed by atoms with Crippen LogP contribution in [0.3, 0.4) is 0 Å². The lowest BCUT2D eigenvalue weighted by Gasteiger charge is -2.06. The summed E-state index contributed by atoms with van der Waals surface area (Å²) in [6, 6.07) is 19.2. The molecule has 3 rings (SSSR count). The predicted molar refractivity (Wildman–Crippen MR) is 82.0 cm³/mol. The summed E-state index contributed by atoms with van der Waals surface area (Å²) in [7, 11) is 0. The Morgan fingerprint density at radius 3 is 2.76 bits per heavy atom. The molecule has 0 N–H and O–H groups in total. The van der Waals surface area contributed by atoms with Crippen LogP contribution in [0.15, 0.2) is 60.7 Å². The first kappa shape index (κ1) is 13.3. The van der Waals surface area contributed by atoms with E-state index in [1.165, 1.54) is 0 Å². The normalized spacial score (nSPS) is 10.5. The molecule has 0 saturated heterocycles. The van der Waals surface area contributed by atoms with Crippen molar-refractivity contribution in [1.29, 1.82) is 0 Å². The molecule has 0 saturated carbocycles. The van der Waals surface area contributed by atoms with E-state index < -0.39 is 5.97 Å². The lowest BCUT2D eigenvalue weighted by atomic mass is 10.1. The monoisotopic (exact) mass is 277 g/mol. The summed E-state index contributed by atoms with van der Waals surface area (Å²) in [6.07, 6.45) is 0. The molecule has 1 heterocycles. The van der Waals surface area contributed by atoms with Crippen LogP contribution in [0.4, 0.5) is 0 Å². The zero-order valence-electron chi connectivity index (χ0n) is 11.7. The van der Waals surface area contributed by atoms with Gasteiger partial charge in [0, 0.05) is 5.39 Å². The summed E-state index contributed by atoms with van der Waals surface area (Å²) in [5.41, 5.74) is 3.25. The molecule has 0 aliphatic rings. The molecule has 0 aliphatic carbocycles. The number of benzene rings is 2. The number of para-hydroxylation sites is 1. The second-order valence-electron chi connectivity index (χ2n) is 4.95. The van der Waals surface area contributed by atoms with Gasteiger partial charge in [-0.05, 0) is 24.6 Å². The molecule has 0 amide bonds. The topological polar surface area (TPSA) is 39.2 Å². The van der Waals surface area contributed by atoms with Crippen LogP contribution >= 0.6 is 0 Å². The minimum atomic E-state index is -0.401. The van der Waals surface area contributed by atoms with Gasteiger partial charge in [-0.25, -0.2) is 9.78 Å². The molecule has 104 valence electrons. The van der Waals surface area contributed by atoms with E-state index in [0.717, 1.165) is 22.0 Å². The molecule has 0 unspecified atom stereocenters. The van der Waals surface area contributed by atoms with Gasteiger partial charge in [0.25, 0.3) is 0 Å². The van der Waals surface area contributed by atoms with Crippen LogP contribution in [0.5, 0.6) is 0 Å². The van der Waals surface area contributed by atoms with Gasteiger partial charge in [-0.15, -0.1) is 0 Å². The van der Waals surface area contributed by atoms with Gasteiger partial charge >= 0.3 is 5.97 Å². The molecule has 0 atom stereocenters. The summed E-state index contributed by atoms with van der Waals surface area (Å²) in [4.78, 5) is 16.4. The first-order valence-corrected chi connectivity index (χ1v) is 6.81. The third kappa shape index (κ3) is 3.08. The van der Waals surface area contributed by atoms with Gasteiger partial charge in [0.05, 0.1) is 5.52 Å². The van der Waals surface area contributed by atoms with Gasteiger partial charge in [-0.3, -0.25) is 0 Å². The number of aryl methyl sites for hydroxylation is 1. The van der Waals surface area contributed by atoms with Gasteiger partial charge < -0.3 is 4.74 Å². The molecule has 0 fully saturated rings. The van der Waals surface area contributed by atoms with Gasteiger partial charge in [-0.1, -0.05) is 54.1 Å². The van der Waals surface area contributed by atoms with Crippen molar-refractivity contribution in [2.75, 3.05) is 0 Å². The summed E-state index contributed by atoms with van der Waals surface area (Å²) in [5.74, 6) is -0.401. The number of rotatable bonds is 3. The zero-order chi connectivity index (χ0) is 14.7. The van der Waals surface area contributed by atoms with E-state index in [9.17, 15) is 4.79 Å². The second kappa shape index (κ2) is 5.75. The Labute approximate surface area is 123 Å². The minimum Gasteiger partial charge on any atom is -0.456 e. The maximum absolute atomic E-state index is 12.1. The Kier molecular flexibility index (Phi) is 3.65. The van der Waals surface area contributed by atoms with Crippen LogP contribution in [0.2, 0.25) is 0 Å². The lowest BCUT2D eigenvalue weighted by Crippen LogP contribution is -2.07. The Balaban J connectivity index is 1.74. The van der Waals surface area contributed by atoms with Crippen LogP contribution in [0.25, 0.3) is 10.9 Å². The van der Waals surface area contributed by atoms with Crippen LogP contribution < -0.4 is 0 Å². The van der Waals surface area contributed by atoms with Crippen LogP contribution in [0.1, 0.15) is 21.6 Å².